The molecule has 6 heterocycles. The molecule has 5 fully saturated rings. The van der Waals surface area contributed by atoms with Crippen molar-refractivity contribution in [2.75, 3.05) is 56.5 Å². The molecule has 0 bridgehead atoms. The number of aromatic nitrogens is 4. The molecule has 0 radical (unpaired) electrons. The Morgan fingerprint density at radius 3 is 2.47 bits per heavy atom. The summed E-state index contributed by atoms with van der Waals surface area (Å²) in [4.78, 5) is 77.9. The number of carbonyl (C=O) groups excluding carboxylic acids is 4. The molecular formula is C44H60N10O7S. The van der Waals surface area contributed by atoms with Gasteiger partial charge in [0.15, 0.2) is 0 Å². The molecule has 2 aliphatic carbocycles. The summed E-state index contributed by atoms with van der Waals surface area (Å²) in [6.45, 7) is 4.95. The third-order valence-electron chi connectivity index (χ3n) is 15.1. The van der Waals surface area contributed by atoms with Crippen LogP contribution >= 0.6 is 0 Å². The second kappa shape index (κ2) is 16.5. The number of nitrogens with zero attached hydrogens (tertiary/aromatic N) is 8. The maximum absolute atomic E-state index is 14.0. The van der Waals surface area contributed by atoms with Crippen molar-refractivity contribution < 1.29 is 27.6 Å². The number of hydrogen-bond donors (Lipinski definition) is 2. The second-order valence-electron chi connectivity index (χ2n) is 18.9. The minimum Gasteiger partial charge on any atom is -0.359 e. The van der Waals surface area contributed by atoms with Gasteiger partial charge in [0.05, 0.1) is 22.5 Å². The Morgan fingerprint density at radius 1 is 0.984 bits per heavy atom. The highest BCUT2D eigenvalue weighted by Gasteiger charge is 2.62. The number of fused-ring (bicyclic) bond motifs is 3. The average Bonchev–Trinajstić information content (AvgIpc) is 3.55. The smallest absolute Gasteiger partial charge is 0.329 e. The first-order valence-electron chi connectivity index (χ1n) is 22.6. The first-order valence-corrected chi connectivity index (χ1v) is 24.0. The van der Waals surface area contributed by atoms with Crippen LogP contribution in [0.15, 0.2) is 29.2 Å². The number of aldehydes is 1. The number of carbonyl (C=O) groups is 4. The maximum Gasteiger partial charge on any atom is 0.329 e. The standard InChI is InChI=1S/C44H60N10O7S/c1-29-7-4-10-34(29)54-39-33(44(17-18-44)40(54)58)25-46-41(48-39)47-31-15-21-51(22-16-31)62(60,61)52-24-20-43(28-52)19-23-50(27-43)37(57)12-6-9-30-8-5-11-35-38(30)49(3)42(59)53(35)32(26-55)13-14-36(56)45-2/h5,8,11,25-26,29,31-32,34H,4,6-7,9-10,12-24,27-28H2,1-3H3,(H,45,56)(H,46,47,48). The van der Waals surface area contributed by atoms with E-state index in [9.17, 15) is 32.4 Å². The van der Waals surface area contributed by atoms with Crippen LogP contribution in [-0.2, 0) is 48.3 Å². The average molecular weight is 873 g/mol. The van der Waals surface area contributed by atoms with E-state index < -0.39 is 21.7 Å². The normalized spacial score (nSPS) is 25.6. The molecule has 4 aliphatic heterocycles. The Hall–Kier alpha value is -4.68. The second-order valence-corrected chi connectivity index (χ2v) is 20.8. The van der Waals surface area contributed by atoms with Crippen LogP contribution in [-0.4, -0.2) is 123 Å². The molecule has 62 heavy (non-hydrogen) atoms. The summed E-state index contributed by atoms with van der Waals surface area (Å²) < 4.78 is 34.2. The van der Waals surface area contributed by atoms with Crippen molar-refractivity contribution in [3.05, 3.63) is 46.0 Å². The van der Waals surface area contributed by atoms with Gasteiger partial charge in [0.2, 0.25) is 23.7 Å². The number of amides is 3. The van der Waals surface area contributed by atoms with Crippen LogP contribution in [0.25, 0.3) is 11.0 Å². The van der Waals surface area contributed by atoms with Gasteiger partial charge in [0.25, 0.3) is 10.2 Å². The predicted octanol–water partition coefficient (Wildman–Crippen LogP) is 3.03. The lowest BCUT2D eigenvalue weighted by Crippen LogP contribution is -2.49. The zero-order chi connectivity index (χ0) is 43.6. The van der Waals surface area contributed by atoms with E-state index >= 15 is 0 Å². The summed E-state index contributed by atoms with van der Waals surface area (Å²) in [7, 11) is -0.481. The number of rotatable bonds is 14. The molecule has 6 aliphatic rings. The van der Waals surface area contributed by atoms with E-state index in [2.05, 4.69) is 22.5 Å². The van der Waals surface area contributed by atoms with Crippen LogP contribution in [0, 0.1) is 11.3 Å². The van der Waals surface area contributed by atoms with Crippen molar-refractivity contribution in [1.29, 1.82) is 0 Å². The largest absolute Gasteiger partial charge is 0.359 e. The minimum atomic E-state index is -3.69. The summed E-state index contributed by atoms with van der Waals surface area (Å²) in [5.74, 6) is 1.71. The van der Waals surface area contributed by atoms with Crippen LogP contribution in [0.1, 0.15) is 108 Å². The van der Waals surface area contributed by atoms with Crippen molar-refractivity contribution in [2.45, 2.75) is 120 Å². The molecule has 2 N–H and O–H groups in total. The zero-order valence-corrected chi connectivity index (χ0v) is 37.0. The van der Waals surface area contributed by atoms with Crippen LogP contribution in [0.5, 0.6) is 0 Å². The SMILES string of the molecule is CNC(=O)CCC(C=O)n1c(=O)n(C)c2c(CCCC(=O)N3CCC4(CCN(S(=O)(=O)N5CCC(Nc6ncc7c(n6)N(C6CCCC6C)C(=O)C76CC6)CC5)C4)C3)cccc21. The number of benzene rings is 1. The Morgan fingerprint density at radius 2 is 1.76 bits per heavy atom. The van der Waals surface area contributed by atoms with Gasteiger partial charge in [-0.05, 0) is 88.2 Å². The van der Waals surface area contributed by atoms with Crippen molar-refractivity contribution in [3.8, 4) is 0 Å². The minimum absolute atomic E-state index is 0.00623. The van der Waals surface area contributed by atoms with E-state index in [-0.39, 0.29) is 53.8 Å². The van der Waals surface area contributed by atoms with E-state index in [1.807, 2.05) is 28.1 Å². The van der Waals surface area contributed by atoms with Gasteiger partial charge in [-0.2, -0.15) is 22.0 Å². The molecular weight excluding hydrogens is 813 g/mol. The number of para-hydroxylation sites is 1. The van der Waals surface area contributed by atoms with Crippen LogP contribution in [0.3, 0.4) is 0 Å². The summed E-state index contributed by atoms with van der Waals surface area (Å²) in [6, 6.07) is 4.99. The molecule has 3 amide bonds. The van der Waals surface area contributed by atoms with E-state index in [1.165, 1.54) is 16.2 Å². The number of hydrogen-bond acceptors (Lipinski definition) is 10. The topological polar surface area (TPSA) is 192 Å². The first kappa shape index (κ1) is 42.6. The molecule has 2 aromatic heterocycles. The molecule has 2 spiro atoms. The van der Waals surface area contributed by atoms with Gasteiger partial charge in [-0.15, -0.1) is 0 Å². The van der Waals surface area contributed by atoms with E-state index in [4.69, 9.17) is 4.98 Å². The van der Waals surface area contributed by atoms with E-state index in [0.717, 1.165) is 55.5 Å². The molecule has 9 rings (SSSR count). The fourth-order valence-corrected chi connectivity index (χ4v) is 13.0. The number of imidazole rings is 1. The fraction of sp³-hybridized carbons (Fsp3) is 0.659. The lowest BCUT2D eigenvalue weighted by Gasteiger charge is -2.34. The lowest BCUT2D eigenvalue weighted by molar-refractivity contribution is -0.130. The molecule has 1 aromatic carbocycles. The summed E-state index contributed by atoms with van der Waals surface area (Å²) in [5, 5.41) is 6.03. The van der Waals surface area contributed by atoms with Crippen LogP contribution in [0.2, 0.25) is 0 Å². The maximum atomic E-state index is 14.0. The van der Waals surface area contributed by atoms with Gasteiger partial charge < -0.3 is 20.3 Å². The highest BCUT2D eigenvalue weighted by molar-refractivity contribution is 7.86. The summed E-state index contributed by atoms with van der Waals surface area (Å²) in [5.41, 5.74) is 2.16. The monoisotopic (exact) mass is 872 g/mol. The highest BCUT2D eigenvalue weighted by Crippen LogP contribution is 2.58. The number of piperidine rings is 1. The first-order chi connectivity index (χ1) is 29.8. The Bertz CT molecular complexity index is 2440. The summed E-state index contributed by atoms with van der Waals surface area (Å²) in [6.07, 6.45) is 11.9. The quantitative estimate of drug-likeness (QED) is 0.228. The van der Waals surface area contributed by atoms with Gasteiger partial charge in [-0.3, -0.25) is 28.4 Å². The van der Waals surface area contributed by atoms with E-state index in [1.54, 1.807) is 21.7 Å². The van der Waals surface area contributed by atoms with Gasteiger partial charge in [-0.1, -0.05) is 25.5 Å². The third kappa shape index (κ3) is 7.42. The molecule has 18 heteroatoms. The molecule has 2 saturated carbocycles. The molecule has 4 unspecified atom stereocenters. The Kier molecular flexibility index (Phi) is 11.3. The fourth-order valence-electron chi connectivity index (χ4n) is 11.3. The van der Waals surface area contributed by atoms with Gasteiger partial charge in [0, 0.05) is 95.5 Å². The van der Waals surface area contributed by atoms with Gasteiger partial charge >= 0.3 is 5.69 Å². The van der Waals surface area contributed by atoms with Crippen molar-refractivity contribution >= 4 is 57.0 Å². The third-order valence-corrected chi connectivity index (χ3v) is 17.1. The number of anilines is 2. The Labute approximate surface area is 362 Å². The van der Waals surface area contributed by atoms with Gasteiger partial charge in [0.1, 0.15) is 12.1 Å². The molecule has 4 atom stereocenters. The summed E-state index contributed by atoms with van der Waals surface area (Å²) >= 11 is 0. The molecule has 17 nitrogen and oxygen atoms in total. The number of likely N-dealkylation sites (tertiary alicyclic amines) is 1. The van der Waals surface area contributed by atoms with Crippen molar-refractivity contribution in [2.24, 2.45) is 18.4 Å². The number of aryl methyl sites for hydroxylation is 2. The van der Waals surface area contributed by atoms with Crippen LogP contribution in [0.4, 0.5) is 11.8 Å². The molecule has 3 saturated heterocycles. The number of nitrogens with one attached hydrogen (secondary N) is 2. The highest BCUT2D eigenvalue weighted by atomic mass is 32.2. The van der Waals surface area contributed by atoms with Crippen molar-refractivity contribution in [1.82, 2.24) is 37.9 Å². The zero-order valence-electron chi connectivity index (χ0n) is 36.2. The molecule has 334 valence electrons. The predicted molar refractivity (Wildman–Crippen MR) is 233 cm³/mol. The van der Waals surface area contributed by atoms with Crippen LogP contribution < -0.4 is 21.2 Å². The van der Waals surface area contributed by atoms with E-state index in [0.29, 0.717) is 107 Å². The van der Waals surface area contributed by atoms with Gasteiger partial charge in [-0.25, -0.2) is 9.78 Å². The van der Waals surface area contributed by atoms with Crippen molar-refractivity contribution in [3.63, 3.8) is 0 Å². The molecule has 3 aromatic rings. The lowest BCUT2D eigenvalue weighted by atomic mass is 9.86. The Balaban J connectivity index is 0.766.